The Kier molecular flexibility index (Phi) is 3.66. The predicted octanol–water partition coefficient (Wildman–Crippen LogP) is 1.98. The topological polar surface area (TPSA) is 61.0 Å². The number of rotatable bonds is 2. The van der Waals surface area contributed by atoms with Gasteiger partial charge in [-0.15, -0.1) is 11.8 Å². The molecule has 2 N–H and O–H groups in total. The van der Waals surface area contributed by atoms with Crippen LogP contribution in [0.5, 0.6) is 0 Å². The van der Waals surface area contributed by atoms with E-state index in [2.05, 4.69) is 9.97 Å². The molecule has 0 saturated carbocycles. The van der Waals surface area contributed by atoms with Gasteiger partial charge in [0.1, 0.15) is 5.03 Å². The van der Waals surface area contributed by atoms with Crippen molar-refractivity contribution in [1.29, 1.82) is 0 Å². The van der Waals surface area contributed by atoms with Crippen molar-refractivity contribution in [2.45, 2.75) is 23.1 Å². The minimum atomic E-state index is 0.249. The average Bonchev–Trinajstić information content (AvgIpc) is 2.25. The summed E-state index contributed by atoms with van der Waals surface area (Å²) in [5, 5.41) is 1.55. The minimum Gasteiger partial charge on any atom is -0.395 e. The third-order valence-corrected chi connectivity index (χ3v) is 3.73. The molecule has 0 aromatic carbocycles. The van der Waals surface area contributed by atoms with E-state index in [1.54, 1.807) is 18.0 Å². The van der Waals surface area contributed by atoms with E-state index in [1.165, 1.54) is 0 Å². The van der Waals surface area contributed by atoms with Crippen LogP contribution < -0.4 is 5.73 Å². The molecule has 15 heavy (non-hydrogen) atoms. The Morgan fingerprint density at radius 1 is 1.47 bits per heavy atom. The molecular formula is C9H12ClN3OS. The highest BCUT2D eigenvalue weighted by Gasteiger charge is 2.17. The van der Waals surface area contributed by atoms with Crippen LogP contribution in [0.3, 0.4) is 0 Å². The molecule has 0 radical (unpaired) electrons. The second-order valence-electron chi connectivity index (χ2n) is 3.33. The van der Waals surface area contributed by atoms with E-state index in [0.717, 1.165) is 31.1 Å². The summed E-state index contributed by atoms with van der Waals surface area (Å²) in [5.74, 6) is 0. The number of anilines is 1. The van der Waals surface area contributed by atoms with Crippen LogP contribution in [-0.4, -0.2) is 28.4 Å². The van der Waals surface area contributed by atoms with Crippen LogP contribution in [0.1, 0.15) is 12.8 Å². The maximum atomic E-state index is 5.77. The molecular weight excluding hydrogens is 234 g/mol. The van der Waals surface area contributed by atoms with Crippen molar-refractivity contribution in [2.24, 2.45) is 0 Å². The smallest absolute Gasteiger partial charge is 0.223 e. The maximum absolute atomic E-state index is 5.77. The van der Waals surface area contributed by atoms with Gasteiger partial charge in [0.05, 0.1) is 11.9 Å². The molecule has 2 rings (SSSR count). The van der Waals surface area contributed by atoms with Crippen molar-refractivity contribution in [3.8, 4) is 0 Å². The molecule has 0 bridgehead atoms. The molecule has 1 aliphatic heterocycles. The van der Waals surface area contributed by atoms with Crippen molar-refractivity contribution < 1.29 is 4.74 Å². The standard InChI is InChI=1S/C9H12ClN3OS/c10-9-12-5-7(11)8(13-9)15-6-1-3-14-4-2-6/h5-6H,1-4,11H2. The maximum Gasteiger partial charge on any atom is 0.223 e. The van der Waals surface area contributed by atoms with Crippen LogP contribution in [0.15, 0.2) is 11.2 Å². The number of aromatic nitrogens is 2. The number of nitrogen functional groups attached to an aromatic ring is 1. The van der Waals surface area contributed by atoms with Gasteiger partial charge in [-0.25, -0.2) is 9.97 Å². The van der Waals surface area contributed by atoms with E-state index < -0.39 is 0 Å². The Labute approximate surface area is 97.6 Å². The zero-order valence-electron chi connectivity index (χ0n) is 8.15. The summed E-state index contributed by atoms with van der Waals surface area (Å²) in [4.78, 5) is 7.94. The lowest BCUT2D eigenvalue weighted by molar-refractivity contribution is 0.1000. The molecule has 1 saturated heterocycles. The van der Waals surface area contributed by atoms with E-state index in [-0.39, 0.29) is 5.28 Å². The van der Waals surface area contributed by atoms with Gasteiger partial charge >= 0.3 is 0 Å². The number of nitrogens with two attached hydrogens (primary N) is 1. The number of thioether (sulfide) groups is 1. The Morgan fingerprint density at radius 2 is 2.20 bits per heavy atom. The molecule has 1 aromatic heterocycles. The molecule has 0 atom stereocenters. The van der Waals surface area contributed by atoms with Gasteiger partial charge < -0.3 is 10.5 Å². The fourth-order valence-corrected chi connectivity index (χ4v) is 2.66. The first-order valence-electron chi connectivity index (χ1n) is 4.78. The fourth-order valence-electron chi connectivity index (χ4n) is 1.40. The summed E-state index contributed by atoms with van der Waals surface area (Å²) in [6.45, 7) is 1.63. The molecule has 0 aliphatic carbocycles. The largest absolute Gasteiger partial charge is 0.395 e. The lowest BCUT2D eigenvalue weighted by atomic mass is 10.2. The summed E-state index contributed by atoms with van der Waals surface area (Å²) in [7, 11) is 0. The van der Waals surface area contributed by atoms with Crippen LogP contribution >= 0.6 is 23.4 Å². The van der Waals surface area contributed by atoms with Gasteiger partial charge in [-0.2, -0.15) is 0 Å². The normalized spacial score (nSPS) is 17.9. The molecule has 6 heteroatoms. The van der Waals surface area contributed by atoms with Crippen LogP contribution in [0.25, 0.3) is 0 Å². The Morgan fingerprint density at radius 3 is 2.93 bits per heavy atom. The number of hydrogen-bond donors (Lipinski definition) is 1. The van der Waals surface area contributed by atoms with Crippen molar-refractivity contribution >= 4 is 29.1 Å². The van der Waals surface area contributed by atoms with Crippen molar-refractivity contribution in [1.82, 2.24) is 9.97 Å². The summed E-state index contributed by atoms with van der Waals surface area (Å²) in [6.07, 6.45) is 3.62. The van der Waals surface area contributed by atoms with Crippen LogP contribution in [0.2, 0.25) is 5.28 Å². The van der Waals surface area contributed by atoms with Crippen LogP contribution in [0.4, 0.5) is 5.69 Å². The van der Waals surface area contributed by atoms with E-state index in [0.29, 0.717) is 10.9 Å². The monoisotopic (exact) mass is 245 g/mol. The summed E-state index contributed by atoms with van der Waals surface area (Å²) < 4.78 is 5.29. The molecule has 4 nitrogen and oxygen atoms in total. The van der Waals surface area contributed by atoms with Crippen LogP contribution in [0, 0.1) is 0 Å². The minimum absolute atomic E-state index is 0.249. The van der Waals surface area contributed by atoms with Gasteiger partial charge in [0.2, 0.25) is 5.28 Å². The van der Waals surface area contributed by atoms with Gasteiger partial charge in [-0.3, -0.25) is 0 Å². The zero-order chi connectivity index (χ0) is 10.7. The molecule has 1 aromatic rings. The summed E-state index contributed by atoms with van der Waals surface area (Å²) in [6, 6.07) is 0. The fraction of sp³-hybridized carbons (Fsp3) is 0.556. The molecule has 1 fully saturated rings. The van der Waals surface area contributed by atoms with Crippen molar-refractivity contribution in [3.05, 3.63) is 11.5 Å². The van der Waals surface area contributed by atoms with E-state index in [4.69, 9.17) is 22.1 Å². The summed E-state index contributed by atoms with van der Waals surface area (Å²) >= 11 is 7.38. The number of hydrogen-bond acceptors (Lipinski definition) is 5. The lowest BCUT2D eigenvalue weighted by Gasteiger charge is -2.21. The molecule has 2 heterocycles. The highest BCUT2D eigenvalue weighted by Crippen LogP contribution is 2.31. The van der Waals surface area contributed by atoms with Crippen molar-refractivity contribution in [2.75, 3.05) is 18.9 Å². The van der Waals surface area contributed by atoms with Gasteiger partial charge in [0, 0.05) is 18.5 Å². The van der Waals surface area contributed by atoms with E-state index in [9.17, 15) is 0 Å². The second kappa shape index (κ2) is 5.01. The van der Waals surface area contributed by atoms with E-state index in [1.807, 2.05) is 0 Å². The number of halogens is 1. The average molecular weight is 246 g/mol. The predicted molar refractivity (Wildman–Crippen MR) is 61.2 cm³/mol. The third kappa shape index (κ3) is 2.96. The molecule has 1 aliphatic rings. The van der Waals surface area contributed by atoms with Crippen LogP contribution in [-0.2, 0) is 4.74 Å². The molecule has 82 valence electrons. The quantitative estimate of drug-likeness (QED) is 0.638. The van der Waals surface area contributed by atoms with Gasteiger partial charge in [-0.1, -0.05) is 0 Å². The molecule has 0 spiro atoms. The first kappa shape index (κ1) is 11.0. The lowest BCUT2D eigenvalue weighted by Crippen LogP contribution is -2.17. The SMILES string of the molecule is Nc1cnc(Cl)nc1SC1CCOCC1. The first-order chi connectivity index (χ1) is 7.25. The Bertz CT molecular complexity index is 344. The highest BCUT2D eigenvalue weighted by molar-refractivity contribution is 8.00. The second-order valence-corrected chi connectivity index (χ2v) is 4.96. The third-order valence-electron chi connectivity index (χ3n) is 2.20. The number of ether oxygens (including phenoxy) is 1. The highest BCUT2D eigenvalue weighted by atomic mass is 35.5. The number of nitrogens with zero attached hydrogens (tertiary/aromatic N) is 2. The molecule has 0 unspecified atom stereocenters. The zero-order valence-corrected chi connectivity index (χ0v) is 9.72. The van der Waals surface area contributed by atoms with E-state index >= 15 is 0 Å². The Hall–Kier alpha value is -0.520. The van der Waals surface area contributed by atoms with Crippen molar-refractivity contribution in [3.63, 3.8) is 0 Å². The van der Waals surface area contributed by atoms with Gasteiger partial charge in [-0.05, 0) is 24.4 Å². The Balaban J connectivity index is 2.05. The van der Waals surface area contributed by atoms with Gasteiger partial charge in [0.25, 0.3) is 0 Å². The molecule has 0 amide bonds. The first-order valence-corrected chi connectivity index (χ1v) is 6.04. The summed E-state index contributed by atoms with van der Waals surface area (Å²) in [5.41, 5.74) is 6.36. The van der Waals surface area contributed by atoms with Gasteiger partial charge in [0.15, 0.2) is 0 Å².